The van der Waals surface area contributed by atoms with Crippen molar-refractivity contribution in [2.75, 3.05) is 5.32 Å². The van der Waals surface area contributed by atoms with Crippen molar-refractivity contribution in [2.45, 2.75) is 65.0 Å². The fraction of sp³-hybridized carbons (Fsp3) is 0.647. The maximum Gasteiger partial charge on any atom is 0.264 e. The molecule has 1 aliphatic heterocycles. The van der Waals surface area contributed by atoms with E-state index in [0.29, 0.717) is 12.1 Å². The highest BCUT2D eigenvalue weighted by Gasteiger charge is 2.35. The van der Waals surface area contributed by atoms with Crippen LogP contribution in [0.3, 0.4) is 0 Å². The van der Waals surface area contributed by atoms with Crippen molar-refractivity contribution >= 4 is 28.2 Å². The van der Waals surface area contributed by atoms with Crippen molar-refractivity contribution in [3.63, 3.8) is 0 Å². The summed E-state index contributed by atoms with van der Waals surface area (Å²) in [6.07, 6.45) is 5.17. The molecule has 5 heteroatoms. The number of nitrogens with one attached hydrogen (secondary N) is 1. The Bertz CT molecular complexity index is 591. The number of likely N-dealkylation sites (tertiary alicyclic amines) is 1. The third-order valence-electron chi connectivity index (χ3n) is 4.80. The van der Waals surface area contributed by atoms with Gasteiger partial charge >= 0.3 is 0 Å². The van der Waals surface area contributed by atoms with Gasteiger partial charge < -0.3 is 10.2 Å². The molecule has 0 radical (unpaired) electrons. The summed E-state index contributed by atoms with van der Waals surface area (Å²) in [6.45, 7) is 6.23. The number of rotatable bonds is 4. The minimum atomic E-state index is 0.0984. The smallest absolute Gasteiger partial charge is 0.264 e. The summed E-state index contributed by atoms with van der Waals surface area (Å²) >= 11 is 1.42. The van der Waals surface area contributed by atoms with Gasteiger partial charge in [-0.15, -0.1) is 11.3 Å². The molecule has 120 valence electrons. The second-order valence-electron chi connectivity index (χ2n) is 6.59. The lowest BCUT2D eigenvalue weighted by Gasteiger charge is -2.27. The largest absolute Gasteiger partial charge is 0.332 e. The van der Waals surface area contributed by atoms with E-state index in [4.69, 9.17) is 0 Å². The highest BCUT2D eigenvalue weighted by Crippen LogP contribution is 2.35. The molecule has 2 amide bonds. The minimum absolute atomic E-state index is 0.0984. The maximum atomic E-state index is 12.9. The molecule has 1 N–H and O–H groups in total. The van der Waals surface area contributed by atoms with Gasteiger partial charge in [0.05, 0.1) is 9.88 Å². The van der Waals surface area contributed by atoms with Gasteiger partial charge in [-0.2, -0.15) is 0 Å². The molecule has 1 saturated heterocycles. The van der Waals surface area contributed by atoms with Gasteiger partial charge in [-0.1, -0.05) is 6.92 Å². The van der Waals surface area contributed by atoms with E-state index in [2.05, 4.69) is 19.2 Å². The first-order valence-electron chi connectivity index (χ1n) is 8.25. The van der Waals surface area contributed by atoms with Crippen LogP contribution in [0.25, 0.3) is 0 Å². The predicted molar refractivity (Wildman–Crippen MR) is 89.4 cm³/mol. The first kappa shape index (κ1) is 15.5. The predicted octanol–water partition coefficient (Wildman–Crippen LogP) is 3.81. The van der Waals surface area contributed by atoms with Crippen LogP contribution < -0.4 is 5.32 Å². The summed E-state index contributed by atoms with van der Waals surface area (Å²) in [7, 11) is 0. The third kappa shape index (κ3) is 2.91. The van der Waals surface area contributed by atoms with Crippen LogP contribution in [-0.4, -0.2) is 28.8 Å². The Kier molecular flexibility index (Phi) is 4.26. The molecular weight excluding hydrogens is 296 g/mol. The quantitative estimate of drug-likeness (QED) is 0.917. The van der Waals surface area contributed by atoms with Gasteiger partial charge in [-0.3, -0.25) is 9.59 Å². The Balaban J connectivity index is 1.77. The second-order valence-corrected chi connectivity index (χ2v) is 7.64. The van der Waals surface area contributed by atoms with Crippen molar-refractivity contribution in [3.05, 3.63) is 16.5 Å². The zero-order valence-corrected chi connectivity index (χ0v) is 14.3. The van der Waals surface area contributed by atoms with E-state index < -0.39 is 0 Å². The van der Waals surface area contributed by atoms with Gasteiger partial charge in [0.25, 0.3) is 5.91 Å². The van der Waals surface area contributed by atoms with Gasteiger partial charge in [0.2, 0.25) is 5.91 Å². The van der Waals surface area contributed by atoms with E-state index in [1.807, 2.05) is 17.9 Å². The Labute approximate surface area is 135 Å². The molecule has 2 fully saturated rings. The summed E-state index contributed by atoms with van der Waals surface area (Å²) in [5.74, 6) is 0.414. The molecule has 0 spiro atoms. The summed E-state index contributed by atoms with van der Waals surface area (Å²) in [6, 6.07) is 2.59. The van der Waals surface area contributed by atoms with E-state index in [1.165, 1.54) is 11.3 Å². The fourth-order valence-corrected chi connectivity index (χ4v) is 4.30. The fourth-order valence-electron chi connectivity index (χ4n) is 3.28. The molecule has 2 atom stereocenters. The molecule has 1 aromatic heterocycles. The molecule has 4 nitrogen and oxygen atoms in total. The van der Waals surface area contributed by atoms with Gasteiger partial charge in [0, 0.05) is 18.0 Å². The van der Waals surface area contributed by atoms with Crippen LogP contribution in [0.5, 0.6) is 0 Å². The van der Waals surface area contributed by atoms with Crippen molar-refractivity contribution in [1.82, 2.24) is 4.90 Å². The first-order valence-corrected chi connectivity index (χ1v) is 9.06. The molecule has 1 aliphatic carbocycles. The van der Waals surface area contributed by atoms with Crippen LogP contribution in [0.2, 0.25) is 0 Å². The molecule has 0 aromatic carbocycles. The van der Waals surface area contributed by atoms with Crippen LogP contribution in [0.15, 0.2) is 6.07 Å². The lowest BCUT2D eigenvalue weighted by molar-refractivity contribution is -0.117. The number of aryl methyl sites for hydroxylation is 1. The van der Waals surface area contributed by atoms with Crippen LogP contribution in [0.4, 0.5) is 5.00 Å². The zero-order valence-electron chi connectivity index (χ0n) is 13.5. The standard InChI is InChI=1S/C17H24N2O2S/c1-4-13-8-5-11(3)19(13)17(21)15-10(2)9-14(22-15)18-16(20)12-6-7-12/h9,11-13H,4-8H2,1-3H3,(H,18,20). The van der Waals surface area contributed by atoms with Crippen molar-refractivity contribution in [3.8, 4) is 0 Å². The summed E-state index contributed by atoms with van der Waals surface area (Å²) < 4.78 is 0. The Morgan fingerprint density at radius 3 is 2.68 bits per heavy atom. The molecule has 0 bridgehead atoms. The summed E-state index contributed by atoms with van der Waals surface area (Å²) in [4.78, 5) is 27.6. The number of thiophene rings is 1. The number of carbonyl (C=O) groups excluding carboxylic acids is 2. The Hall–Kier alpha value is -1.36. The molecule has 1 aromatic rings. The van der Waals surface area contributed by atoms with Crippen LogP contribution in [0, 0.1) is 12.8 Å². The molecule has 22 heavy (non-hydrogen) atoms. The molecule has 2 aliphatic rings. The van der Waals surface area contributed by atoms with E-state index in [1.54, 1.807) is 0 Å². The lowest BCUT2D eigenvalue weighted by Crippen LogP contribution is -2.39. The van der Waals surface area contributed by atoms with Crippen LogP contribution in [0.1, 0.15) is 61.2 Å². The number of anilines is 1. The average molecular weight is 320 g/mol. The Morgan fingerprint density at radius 2 is 2.05 bits per heavy atom. The minimum Gasteiger partial charge on any atom is -0.332 e. The number of hydrogen-bond acceptors (Lipinski definition) is 3. The van der Waals surface area contributed by atoms with Gasteiger partial charge in [-0.25, -0.2) is 0 Å². The summed E-state index contributed by atoms with van der Waals surface area (Å²) in [5, 5.41) is 3.76. The molecular formula is C17H24N2O2S. The van der Waals surface area contributed by atoms with Crippen LogP contribution >= 0.6 is 11.3 Å². The average Bonchev–Trinajstić information content (AvgIpc) is 3.18. The molecule has 2 heterocycles. The van der Waals surface area contributed by atoms with Crippen molar-refractivity contribution in [2.24, 2.45) is 5.92 Å². The molecule has 3 rings (SSSR count). The topological polar surface area (TPSA) is 49.4 Å². The third-order valence-corrected chi connectivity index (χ3v) is 5.94. The molecule has 2 unspecified atom stereocenters. The van der Waals surface area contributed by atoms with Gasteiger partial charge in [0.1, 0.15) is 0 Å². The van der Waals surface area contributed by atoms with Crippen molar-refractivity contribution in [1.29, 1.82) is 0 Å². The monoisotopic (exact) mass is 320 g/mol. The lowest BCUT2D eigenvalue weighted by atomic mass is 10.1. The zero-order chi connectivity index (χ0) is 15.9. The first-order chi connectivity index (χ1) is 10.5. The highest BCUT2D eigenvalue weighted by atomic mass is 32.1. The highest BCUT2D eigenvalue weighted by molar-refractivity contribution is 7.18. The SMILES string of the molecule is CCC1CCC(C)N1C(=O)c1sc(NC(=O)C2CC2)cc1C. The van der Waals surface area contributed by atoms with E-state index in [9.17, 15) is 9.59 Å². The number of nitrogens with zero attached hydrogens (tertiary/aromatic N) is 1. The Morgan fingerprint density at radius 1 is 1.32 bits per heavy atom. The van der Waals surface area contributed by atoms with E-state index >= 15 is 0 Å². The number of hydrogen-bond donors (Lipinski definition) is 1. The van der Waals surface area contributed by atoms with Gasteiger partial charge in [0.15, 0.2) is 0 Å². The normalized spacial score (nSPS) is 24.6. The van der Waals surface area contributed by atoms with Crippen molar-refractivity contribution < 1.29 is 9.59 Å². The second kappa shape index (κ2) is 6.03. The van der Waals surface area contributed by atoms with Crippen LogP contribution in [-0.2, 0) is 4.79 Å². The molecule has 1 saturated carbocycles. The summed E-state index contributed by atoms with van der Waals surface area (Å²) in [5.41, 5.74) is 0.968. The van der Waals surface area contributed by atoms with Gasteiger partial charge in [-0.05, 0) is 57.6 Å². The van der Waals surface area contributed by atoms with E-state index in [0.717, 1.165) is 47.5 Å². The number of carbonyl (C=O) groups is 2. The number of amides is 2. The maximum absolute atomic E-state index is 12.9. The van der Waals surface area contributed by atoms with E-state index in [-0.39, 0.29) is 17.7 Å².